The molecule has 7 heteroatoms. The van der Waals surface area contributed by atoms with Crippen molar-refractivity contribution in [1.29, 1.82) is 1.28 Å². The molecular weight excluding hydrogens is 1290 g/mol. The average Bonchev–Trinajstić information content (AvgIpc) is 1.92. The van der Waals surface area contributed by atoms with Crippen molar-refractivity contribution in [1.82, 2.24) is 9.13 Å². The fourth-order valence-corrected chi connectivity index (χ4v) is 11.0. The van der Waals surface area contributed by atoms with Crippen LogP contribution in [-0.2, 0) is 18.6 Å². The molecule has 2 atom stereocenters. The van der Waals surface area contributed by atoms with E-state index >= 15 is 0 Å². The molecule has 0 N–H and O–H groups in total. The van der Waals surface area contributed by atoms with E-state index in [1.807, 2.05) is 0 Å². The first kappa shape index (κ1) is 59.3. The third kappa shape index (κ3) is 13.4. The summed E-state index contributed by atoms with van der Waals surface area (Å²) in [6.45, 7) is 0. The van der Waals surface area contributed by atoms with Crippen molar-refractivity contribution < 1.29 is 18.6 Å². The molecule has 0 fully saturated rings. The van der Waals surface area contributed by atoms with Crippen molar-refractivity contribution in [3.8, 4) is 33.6 Å². The number of aromatic nitrogens is 2. The second kappa shape index (κ2) is 29.1. The minimum absolute atomic E-state index is 0. The summed E-state index contributed by atoms with van der Waals surface area (Å²) in [4.78, 5) is 0. The molecular formula is C77H63BBiN2P2V. The van der Waals surface area contributed by atoms with E-state index in [2.05, 4.69) is 346 Å². The molecule has 84 heavy (non-hydrogen) atoms. The van der Waals surface area contributed by atoms with Crippen LogP contribution in [0, 0.1) is 0 Å². The topological polar surface area (TPSA) is 9.86 Å². The van der Waals surface area contributed by atoms with Crippen LogP contribution in [0.1, 0.15) is 33.4 Å². The number of fused-ring (bicyclic) bond motifs is 6. The molecule has 0 spiro atoms. The van der Waals surface area contributed by atoms with E-state index in [0.29, 0.717) is 6.06 Å². The van der Waals surface area contributed by atoms with E-state index in [9.17, 15) is 0 Å². The van der Waals surface area contributed by atoms with Crippen LogP contribution in [0.3, 0.4) is 0 Å². The Morgan fingerprint density at radius 1 is 0.321 bits per heavy atom. The summed E-state index contributed by atoms with van der Waals surface area (Å²) in [6.07, 6.45) is 4.55. The summed E-state index contributed by atoms with van der Waals surface area (Å²) in [6, 6.07) is 113. The molecule has 0 saturated heterocycles. The minimum Gasteiger partial charge on any atom is -0.309 e. The van der Waals surface area contributed by atoms with Gasteiger partial charge in [-0.1, -0.05) is 273 Å². The molecule has 404 valence electrons. The van der Waals surface area contributed by atoms with Gasteiger partial charge >= 0.3 is 26.2 Å². The van der Waals surface area contributed by atoms with Gasteiger partial charge < -0.3 is 9.13 Å². The summed E-state index contributed by atoms with van der Waals surface area (Å²) in [5, 5.41) is 5.14. The van der Waals surface area contributed by atoms with Crippen molar-refractivity contribution in [2.24, 2.45) is 0 Å². The Balaban J connectivity index is 0.000000185. The number of hydrogen-bond donors (Lipinski definition) is 0. The van der Waals surface area contributed by atoms with Crippen LogP contribution in [0.4, 0.5) is 0 Å². The molecule has 2 unspecified atom stereocenters. The molecule has 0 bridgehead atoms. The minimum atomic E-state index is 0. The van der Waals surface area contributed by atoms with Gasteiger partial charge in [0.15, 0.2) is 0 Å². The standard InChI is InChI=1S/C40H30.C36H24N2.CH4BP.Bi.H3P.V.2H/c1-5-13-35(14-6-1)39(36-15-7-2-8-16-36)29-31-21-25-33(26-22-31)34-27-23-32(24-28-34)30-40(37-17-9-3-10-18-37)38-19-11-4-12-20-38;1-5-13-33-29(9-1)30-10-2-6-14-34(30)37(33)27-21-17-25(18-22-27)26-19-23-28(24-20-26)38-35-15-7-3-11-31(35)32-12-4-8-16-36(32)38;2-1-3;;;;;/h1-30H;1-24H;1,3H2;;1H3;;;/i;;;;1D;;;. The first-order chi connectivity index (χ1) is 41.1. The molecule has 2 heterocycles. The van der Waals surface area contributed by atoms with E-state index in [1.54, 1.807) is 9.84 Å². The molecule has 12 aromatic carbocycles. The Morgan fingerprint density at radius 2 is 0.524 bits per heavy atom. The third-order valence-electron chi connectivity index (χ3n) is 14.9. The smallest absolute Gasteiger partial charge is 0.0541 e. The first-order valence-electron chi connectivity index (χ1n) is 28.1. The number of rotatable bonds is 10. The maximum absolute atomic E-state index is 5.67. The van der Waals surface area contributed by atoms with Gasteiger partial charge in [-0.15, -0.1) is 9.24 Å². The second-order valence-corrected chi connectivity index (χ2v) is 20.4. The van der Waals surface area contributed by atoms with Crippen LogP contribution < -0.4 is 0 Å². The normalized spacial score (nSPS) is 10.6. The van der Waals surface area contributed by atoms with E-state index in [4.69, 9.17) is 9.12 Å². The maximum Gasteiger partial charge on any atom is 0.0541 e. The van der Waals surface area contributed by atoms with Crippen LogP contribution in [0.2, 0.25) is 0 Å². The Hall–Kier alpha value is -7.89. The molecule has 0 aliphatic carbocycles. The van der Waals surface area contributed by atoms with Crippen LogP contribution in [0.15, 0.2) is 315 Å². The van der Waals surface area contributed by atoms with Gasteiger partial charge in [0, 0.05) is 51.5 Å². The zero-order valence-corrected chi connectivity index (χ0v) is 54.7. The number of para-hydroxylation sites is 4. The van der Waals surface area contributed by atoms with Crippen LogP contribution in [-0.4, -0.2) is 50.5 Å². The molecule has 2 nitrogen and oxygen atoms in total. The Labute approximate surface area is 533 Å². The van der Waals surface area contributed by atoms with Crippen molar-refractivity contribution >= 4 is 120 Å². The van der Waals surface area contributed by atoms with Gasteiger partial charge in [-0.2, -0.15) is 9.84 Å². The fraction of sp³-hybridized carbons (Fsp3) is 0.0130. The molecule has 4 radical (unpaired) electrons. The molecule has 14 aromatic rings. The van der Waals surface area contributed by atoms with Gasteiger partial charge in [-0.05, 0) is 127 Å². The Morgan fingerprint density at radius 3 is 0.762 bits per heavy atom. The predicted octanol–water partition coefficient (Wildman–Crippen LogP) is 19.2. The van der Waals surface area contributed by atoms with Crippen molar-refractivity contribution in [3.63, 3.8) is 0 Å². The summed E-state index contributed by atoms with van der Waals surface area (Å²) in [5.41, 5.74) is 21.8. The SMILES string of the molecule is C(=C(c1ccccc1)c1ccccc1)c1ccc(-c2ccc(C=C(c3ccccc3)c3ccccc3)cc2)cc1.[2H]P.[B]CP.[BiH2].[V].c1ccc2c(c1)c1ccccc1n2-c1ccc(-c2ccc(-n3c4ccccc4c4ccccc43)cc2)cc1. The number of benzene rings is 12. The quantitative estimate of drug-likeness (QED) is 0.0734. The summed E-state index contributed by atoms with van der Waals surface area (Å²) >= 11 is 0. The van der Waals surface area contributed by atoms with Gasteiger partial charge in [0.25, 0.3) is 0 Å². The van der Waals surface area contributed by atoms with E-state index in [0.717, 1.165) is 0 Å². The average molecular weight is 1350 g/mol. The fourth-order valence-electron chi connectivity index (χ4n) is 11.0. The summed E-state index contributed by atoms with van der Waals surface area (Å²) in [5.74, 6) is 0. The number of hydrogen-bond acceptors (Lipinski definition) is 0. The zero-order valence-electron chi connectivity index (χ0n) is 47.5. The van der Waals surface area contributed by atoms with Gasteiger partial charge in [-0.3, -0.25) is 0 Å². The molecule has 0 saturated carbocycles. The number of nitrogens with zero attached hydrogens (tertiary/aromatic N) is 2. The van der Waals surface area contributed by atoms with Crippen LogP contribution in [0.25, 0.3) is 101 Å². The van der Waals surface area contributed by atoms with Crippen molar-refractivity contribution in [2.75, 3.05) is 6.06 Å². The van der Waals surface area contributed by atoms with Crippen LogP contribution >= 0.6 is 19.1 Å². The summed E-state index contributed by atoms with van der Waals surface area (Å²) < 4.78 is 10.4. The van der Waals surface area contributed by atoms with Crippen molar-refractivity contribution in [3.05, 3.63) is 349 Å². The monoisotopic (exact) mass is 1350 g/mol. The Kier molecular flexibility index (Phi) is 20.5. The Bertz CT molecular complexity index is 3980. The molecule has 0 aliphatic rings. The van der Waals surface area contributed by atoms with E-state index in [-0.39, 0.29) is 44.8 Å². The van der Waals surface area contributed by atoms with Gasteiger partial charge in [0.1, 0.15) is 0 Å². The zero-order chi connectivity index (χ0) is 56.7. The van der Waals surface area contributed by atoms with E-state index in [1.165, 1.54) is 122 Å². The molecule has 0 aliphatic heterocycles. The largest absolute Gasteiger partial charge is 0.309 e. The van der Waals surface area contributed by atoms with Crippen LogP contribution in [0.5, 0.6) is 0 Å². The predicted molar refractivity (Wildman–Crippen MR) is 372 cm³/mol. The maximum atomic E-state index is 5.67. The van der Waals surface area contributed by atoms with Crippen molar-refractivity contribution in [2.45, 2.75) is 0 Å². The summed E-state index contributed by atoms with van der Waals surface area (Å²) in [7, 11) is 8.83. The first-order valence-corrected chi connectivity index (χ1v) is 28.4. The van der Waals surface area contributed by atoms with Gasteiger partial charge in [0.2, 0.25) is 0 Å². The molecule has 2 aromatic heterocycles. The molecule has 14 rings (SSSR count). The van der Waals surface area contributed by atoms with Gasteiger partial charge in [0.05, 0.1) is 31.2 Å². The second-order valence-electron chi connectivity index (χ2n) is 19.9. The third-order valence-corrected chi connectivity index (χ3v) is 14.9. The van der Waals surface area contributed by atoms with Gasteiger partial charge in [-0.25, -0.2) is 0 Å². The molecule has 0 amide bonds. The van der Waals surface area contributed by atoms with E-state index < -0.39 is 0 Å².